The van der Waals surface area contributed by atoms with Crippen molar-refractivity contribution in [3.8, 4) is 11.3 Å². The number of halogens is 1. The Morgan fingerprint density at radius 2 is 2.25 bits per heavy atom. The van der Waals surface area contributed by atoms with Crippen molar-refractivity contribution in [2.75, 3.05) is 25.1 Å². The zero-order valence-electron chi connectivity index (χ0n) is 13.4. The van der Waals surface area contributed by atoms with Gasteiger partial charge in [-0.1, -0.05) is 28.1 Å². The second-order valence-corrected chi connectivity index (χ2v) is 7.75. The Balaban J connectivity index is 1.54. The van der Waals surface area contributed by atoms with Crippen LogP contribution in [-0.4, -0.2) is 36.8 Å². The molecule has 0 saturated carbocycles. The van der Waals surface area contributed by atoms with Gasteiger partial charge in [0, 0.05) is 21.5 Å². The summed E-state index contributed by atoms with van der Waals surface area (Å²) in [6, 6.07) is 7.96. The standard InChI is InChI=1S/C17H19BrN2O3S/c1-11-16(12-4-6-13(18)7-5-12)20-17(24-11)19-15(21)10-22-9-14-3-2-8-23-14/h4-7,14H,2-3,8-10H2,1H3,(H,19,20,21). The van der Waals surface area contributed by atoms with Crippen molar-refractivity contribution in [2.24, 2.45) is 0 Å². The molecule has 1 amide bonds. The second kappa shape index (κ2) is 8.20. The summed E-state index contributed by atoms with van der Waals surface area (Å²) in [5, 5.41) is 3.40. The normalized spacial score (nSPS) is 17.2. The van der Waals surface area contributed by atoms with Crippen molar-refractivity contribution < 1.29 is 14.3 Å². The molecule has 5 nitrogen and oxygen atoms in total. The molecule has 0 spiro atoms. The van der Waals surface area contributed by atoms with Crippen LogP contribution in [0.4, 0.5) is 5.13 Å². The van der Waals surface area contributed by atoms with E-state index in [1.807, 2.05) is 31.2 Å². The summed E-state index contributed by atoms with van der Waals surface area (Å²) in [5.74, 6) is -0.191. The van der Waals surface area contributed by atoms with Gasteiger partial charge in [-0.05, 0) is 31.9 Å². The van der Waals surface area contributed by atoms with E-state index in [0.29, 0.717) is 11.7 Å². The monoisotopic (exact) mass is 410 g/mol. The number of hydrogen-bond acceptors (Lipinski definition) is 5. The molecule has 24 heavy (non-hydrogen) atoms. The molecular weight excluding hydrogens is 392 g/mol. The van der Waals surface area contributed by atoms with Gasteiger partial charge in [-0.3, -0.25) is 10.1 Å². The number of nitrogens with one attached hydrogen (secondary N) is 1. The Hall–Kier alpha value is -1.28. The maximum atomic E-state index is 12.0. The molecule has 2 heterocycles. The summed E-state index contributed by atoms with van der Waals surface area (Å²) in [4.78, 5) is 17.6. The minimum Gasteiger partial charge on any atom is -0.376 e. The smallest absolute Gasteiger partial charge is 0.252 e. The molecule has 1 saturated heterocycles. The molecule has 2 aromatic rings. The topological polar surface area (TPSA) is 60.5 Å². The van der Waals surface area contributed by atoms with E-state index < -0.39 is 0 Å². The number of carbonyl (C=O) groups excluding carboxylic acids is 1. The first-order valence-electron chi connectivity index (χ1n) is 7.84. The van der Waals surface area contributed by atoms with Gasteiger partial charge in [0.05, 0.1) is 18.4 Å². The Bertz CT molecular complexity index is 696. The van der Waals surface area contributed by atoms with Crippen LogP contribution in [0.1, 0.15) is 17.7 Å². The number of thiazole rings is 1. The molecule has 0 radical (unpaired) electrons. The van der Waals surface area contributed by atoms with Crippen LogP contribution in [0.3, 0.4) is 0 Å². The Kier molecular flexibility index (Phi) is 5.99. The van der Waals surface area contributed by atoms with Crippen molar-refractivity contribution in [1.82, 2.24) is 4.98 Å². The summed E-state index contributed by atoms with van der Waals surface area (Å²) in [6.45, 7) is 3.27. The fraction of sp³-hybridized carbons (Fsp3) is 0.412. The van der Waals surface area contributed by atoms with Crippen LogP contribution in [0.15, 0.2) is 28.7 Å². The molecule has 1 aliphatic heterocycles. The lowest BCUT2D eigenvalue weighted by atomic mass is 10.1. The predicted molar refractivity (Wildman–Crippen MR) is 98.4 cm³/mol. The Labute approximate surface area is 153 Å². The van der Waals surface area contributed by atoms with Crippen LogP contribution in [0.5, 0.6) is 0 Å². The van der Waals surface area contributed by atoms with Gasteiger partial charge in [0.2, 0.25) is 0 Å². The second-order valence-electron chi connectivity index (χ2n) is 5.63. The van der Waals surface area contributed by atoms with Crippen molar-refractivity contribution in [2.45, 2.75) is 25.9 Å². The molecule has 1 aromatic heterocycles. The molecule has 3 rings (SSSR count). The zero-order chi connectivity index (χ0) is 16.9. The number of carbonyl (C=O) groups is 1. The summed E-state index contributed by atoms with van der Waals surface area (Å²) in [5.41, 5.74) is 1.92. The molecule has 1 aromatic carbocycles. The Morgan fingerprint density at radius 1 is 1.46 bits per heavy atom. The Morgan fingerprint density at radius 3 is 2.96 bits per heavy atom. The molecule has 0 bridgehead atoms. The van der Waals surface area contributed by atoms with E-state index >= 15 is 0 Å². The number of rotatable bonds is 6. The van der Waals surface area contributed by atoms with E-state index in [4.69, 9.17) is 9.47 Å². The maximum absolute atomic E-state index is 12.0. The van der Waals surface area contributed by atoms with Gasteiger partial charge in [-0.15, -0.1) is 11.3 Å². The number of nitrogens with zero attached hydrogens (tertiary/aromatic N) is 1. The van der Waals surface area contributed by atoms with Crippen molar-refractivity contribution in [3.05, 3.63) is 33.6 Å². The van der Waals surface area contributed by atoms with E-state index in [1.165, 1.54) is 11.3 Å². The fourth-order valence-electron chi connectivity index (χ4n) is 2.54. The molecule has 128 valence electrons. The largest absolute Gasteiger partial charge is 0.376 e. The number of hydrogen-bond donors (Lipinski definition) is 1. The minimum absolute atomic E-state index is 0.0199. The van der Waals surface area contributed by atoms with Gasteiger partial charge in [0.25, 0.3) is 5.91 Å². The predicted octanol–water partition coefficient (Wildman–Crippen LogP) is 4.02. The fourth-order valence-corrected chi connectivity index (χ4v) is 3.66. The van der Waals surface area contributed by atoms with E-state index in [1.54, 1.807) is 0 Å². The maximum Gasteiger partial charge on any atom is 0.252 e. The van der Waals surface area contributed by atoms with E-state index in [2.05, 4.69) is 26.2 Å². The van der Waals surface area contributed by atoms with Crippen LogP contribution < -0.4 is 5.32 Å². The third kappa shape index (κ3) is 4.63. The van der Waals surface area contributed by atoms with Crippen molar-refractivity contribution in [3.63, 3.8) is 0 Å². The van der Waals surface area contributed by atoms with Crippen LogP contribution >= 0.6 is 27.3 Å². The lowest BCUT2D eigenvalue weighted by Crippen LogP contribution is -2.22. The third-order valence-corrected chi connectivity index (χ3v) is 5.14. The summed E-state index contributed by atoms with van der Waals surface area (Å²) >= 11 is 4.89. The molecule has 1 unspecified atom stereocenters. The zero-order valence-corrected chi connectivity index (χ0v) is 15.8. The number of aromatic nitrogens is 1. The highest BCUT2D eigenvalue weighted by Gasteiger charge is 2.16. The van der Waals surface area contributed by atoms with Gasteiger partial charge < -0.3 is 9.47 Å². The van der Waals surface area contributed by atoms with Gasteiger partial charge in [0.15, 0.2) is 5.13 Å². The van der Waals surface area contributed by atoms with Crippen LogP contribution in [0.2, 0.25) is 0 Å². The van der Waals surface area contributed by atoms with Crippen LogP contribution in [0.25, 0.3) is 11.3 Å². The molecule has 1 aliphatic rings. The molecule has 1 fully saturated rings. The number of ether oxygens (including phenoxy) is 2. The highest BCUT2D eigenvalue weighted by atomic mass is 79.9. The van der Waals surface area contributed by atoms with Gasteiger partial charge in [0.1, 0.15) is 6.61 Å². The average Bonchev–Trinajstić information content (AvgIpc) is 3.18. The molecule has 0 aliphatic carbocycles. The summed E-state index contributed by atoms with van der Waals surface area (Å²) in [6.07, 6.45) is 2.20. The first kappa shape index (κ1) is 17.5. The minimum atomic E-state index is -0.191. The quantitative estimate of drug-likeness (QED) is 0.780. The summed E-state index contributed by atoms with van der Waals surface area (Å²) in [7, 11) is 0. The van der Waals surface area contributed by atoms with Crippen molar-refractivity contribution in [1.29, 1.82) is 0 Å². The van der Waals surface area contributed by atoms with E-state index in [0.717, 1.165) is 40.1 Å². The lowest BCUT2D eigenvalue weighted by Gasteiger charge is -2.09. The number of benzene rings is 1. The first-order chi connectivity index (χ1) is 11.6. The SMILES string of the molecule is Cc1sc(NC(=O)COCC2CCCO2)nc1-c1ccc(Br)cc1. The van der Waals surface area contributed by atoms with Crippen LogP contribution in [-0.2, 0) is 14.3 Å². The summed E-state index contributed by atoms with van der Waals surface area (Å²) < 4.78 is 11.9. The first-order valence-corrected chi connectivity index (χ1v) is 9.45. The molecule has 1 atom stereocenters. The van der Waals surface area contributed by atoms with Crippen molar-refractivity contribution >= 4 is 38.3 Å². The van der Waals surface area contributed by atoms with Gasteiger partial charge in [-0.2, -0.15) is 0 Å². The van der Waals surface area contributed by atoms with E-state index in [9.17, 15) is 4.79 Å². The molecular formula is C17H19BrN2O3S. The molecule has 1 N–H and O–H groups in total. The highest BCUT2D eigenvalue weighted by Crippen LogP contribution is 2.31. The number of aryl methyl sites for hydroxylation is 1. The highest BCUT2D eigenvalue weighted by molar-refractivity contribution is 9.10. The lowest BCUT2D eigenvalue weighted by molar-refractivity contribution is -0.121. The van der Waals surface area contributed by atoms with Crippen LogP contribution in [0, 0.1) is 6.92 Å². The van der Waals surface area contributed by atoms with Gasteiger partial charge in [-0.25, -0.2) is 4.98 Å². The van der Waals surface area contributed by atoms with Gasteiger partial charge >= 0.3 is 0 Å². The van der Waals surface area contributed by atoms with E-state index in [-0.39, 0.29) is 18.6 Å². The average molecular weight is 411 g/mol. The third-order valence-electron chi connectivity index (χ3n) is 3.72. The number of anilines is 1. The number of amides is 1. The molecule has 7 heteroatoms.